The van der Waals surface area contributed by atoms with Gasteiger partial charge >= 0.3 is 12.2 Å². The minimum Gasteiger partial charge on any atom is -0.447 e. The van der Waals surface area contributed by atoms with Gasteiger partial charge in [0.25, 0.3) is 0 Å². The molecule has 0 aromatic rings. The molecule has 2 N–H and O–H groups in total. The summed E-state index contributed by atoms with van der Waals surface area (Å²) >= 11 is 0. The molecule has 0 radical (unpaired) electrons. The first-order valence-corrected chi connectivity index (χ1v) is 13.7. The number of nitrogens with one attached hydrogen (secondary N) is 2. The molecule has 4 atom stereocenters. The maximum atomic E-state index is 12.1. The average molecular weight is 551 g/mol. The molecule has 2 amide bonds. The molecule has 2 fully saturated rings. The highest BCUT2D eigenvalue weighted by Crippen LogP contribution is 2.47. The number of rotatable bonds is 12. The van der Waals surface area contributed by atoms with Crippen molar-refractivity contribution in [2.24, 2.45) is 31.6 Å². The monoisotopic (exact) mass is 550 g/mol. The summed E-state index contributed by atoms with van der Waals surface area (Å²) in [7, 11) is 0. The van der Waals surface area contributed by atoms with Crippen molar-refractivity contribution in [1.82, 2.24) is 10.6 Å². The summed E-state index contributed by atoms with van der Waals surface area (Å²) in [5.74, 6) is 0. The smallest absolute Gasteiger partial charge is 0.407 e. The molecule has 4 unspecified atom stereocenters. The standard InChI is InChI=1S/C28H46N4O7/c1-25(2)11-21(31-19-33)13-27(5,15-25)17-29-23(35)38-9-7-37-8-10-39-24(36)30-18-28(6)14-22(32-20-34)12-26(3,4)16-28/h21-22H,7-18H2,1-6H3,(H,29,35)(H,30,36). The van der Waals surface area contributed by atoms with Gasteiger partial charge in [0.15, 0.2) is 0 Å². The topological polar surface area (TPSA) is 145 Å². The van der Waals surface area contributed by atoms with Gasteiger partial charge < -0.3 is 24.8 Å². The molecule has 220 valence electrons. The van der Waals surface area contributed by atoms with Crippen molar-refractivity contribution in [1.29, 1.82) is 0 Å². The number of aliphatic imine (C=N–C) groups is 2. The summed E-state index contributed by atoms with van der Waals surface area (Å²) in [4.78, 5) is 53.5. The molecule has 39 heavy (non-hydrogen) atoms. The van der Waals surface area contributed by atoms with Crippen LogP contribution in [0, 0.1) is 21.7 Å². The summed E-state index contributed by atoms with van der Waals surface area (Å²) in [5, 5.41) is 5.62. The Morgan fingerprint density at radius 2 is 1.08 bits per heavy atom. The third-order valence-electron chi connectivity index (χ3n) is 7.56. The van der Waals surface area contributed by atoms with Gasteiger partial charge in [-0.05, 0) is 60.2 Å². The van der Waals surface area contributed by atoms with Crippen LogP contribution in [0.1, 0.15) is 80.1 Å². The van der Waals surface area contributed by atoms with Crippen LogP contribution < -0.4 is 10.6 Å². The highest BCUT2D eigenvalue weighted by atomic mass is 16.6. The molecule has 2 rings (SSSR count). The number of nitrogens with zero attached hydrogens (tertiary/aromatic N) is 2. The van der Waals surface area contributed by atoms with E-state index in [9.17, 15) is 19.2 Å². The number of alkyl carbamates (subject to hydrolysis) is 2. The van der Waals surface area contributed by atoms with Gasteiger partial charge in [-0.25, -0.2) is 29.2 Å². The Morgan fingerprint density at radius 3 is 1.44 bits per heavy atom. The third-order valence-corrected chi connectivity index (χ3v) is 7.56. The van der Waals surface area contributed by atoms with Crippen LogP contribution in [0.5, 0.6) is 0 Å². The van der Waals surface area contributed by atoms with E-state index in [4.69, 9.17) is 14.2 Å². The van der Waals surface area contributed by atoms with Gasteiger partial charge in [0.05, 0.1) is 25.3 Å². The molecule has 0 bridgehead atoms. The van der Waals surface area contributed by atoms with Crippen molar-refractivity contribution >= 4 is 24.3 Å². The Balaban J connectivity index is 1.58. The summed E-state index contributed by atoms with van der Waals surface area (Å²) < 4.78 is 15.7. The maximum Gasteiger partial charge on any atom is 0.407 e. The Kier molecular flexibility index (Phi) is 11.7. The van der Waals surface area contributed by atoms with E-state index in [0.29, 0.717) is 25.9 Å². The van der Waals surface area contributed by atoms with Crippen LogP contribution in [-0.4, -0.2) is 75.9 Å². The number of hydrogen-bond acceptors (Lipinski definition) is 9. The summed E-state index contributed by atoms with van der Waals surface area (Å²) in [6, 6.07) is -0.186. The second kappa shape index (κ2) is 14.1. The van der Waals surface area contributed by atoms with Gasteiger partial charge in [-0.1, -0.05) is 41.5 Å². The Bertz CT molecular complexity index is 868. The minimum atomic E-state index is -0.533. The molecule has 0 saturated heterocycles. The van der Waals surface area contributed by atoms with E-state index in [-0.39, 0.29) is 60.2 Å². The number of carbonyl (C=O) groups is 2. The second-order valence-electron chi connectivity index (χ2n) is 13.5. The summed E-state index contributed by atoms with van der Waals surface area (Å²) in [6.45, 7) is 14.0. The third kappa shape index (κ3) is 11.9. The predicted octanol–water partition coefficient (Wildman–Crippen LogP) is 4.30. The van der Waals surface area contributed by atoms with E-state index in [1.807, 2.05) is 0 Å². The molecule has 0 heterocycles. The minimum absolute atomic E-state index is 0.0103. The van der Waals surface area contributed by atoms with Crippen molar-refractivity contribution in [2.45, 2.75) is 92.2 Å². The van der Waals surface area contributed by atoms with E-state index in [1.165, 1.54) is 0 Å². The van der Waals surface area contributed by atoms with Gasteiger partial charge in [-0.15, -0.1) is 0 Å². The van der Waals surface area contributed by atoms with Crippen molar-refractivity contribution < 1.29 is 33.4 Å². The number of ether oxygens (including phenoxy) is 3. The molecule has 2 saturated carbocycles. The zero-order valence-electron chi connectivity index (χ0n) is 24.4. The van der Waals surface area contributed by atoms with Gasteiger partial charge in [0.1, 0.15) is 13.2 Å². The van der Waals surface area contributed by atoms with Gasteiger partial charge in [-0.3, -0.25) is 0 Å². The fourth-order valence-corrected chi connectivity index (χ4v) is 6.92. The van der Waals surface area contributed by atoms with Crippen molar-refractivity contribution in [3.63, 3.8) is 0 Å². The lowest BCUT2D eigenvalue weighted by Gasteiger charge is -2.45. The van der Waals surface area contributed by atoms with E-state index in [1.54, 1.807) is 12.2 Å². The molecular formula is C28H46N4O7. The van der Waals surface area contributed by atoms with Crippen LogP contribution in [0.2, 0.25) is 0 Å². The maximum absolute atomic E-state index is 12.1. The van der Waals surface area contributed by atoms with Gasteiger partial charge in [0, 0.05) is 13.1 Å². The Hall–Kier alpha value is -2.74. The van der Waals surface area contributed by atoms with Crippen LogP contribution in [-0.2, 0) is 23.8 Å². The number of amides is 2. The number of carbonyl (C=O) groups excluding carboxylic acids is 4. The molecule has 0 aromatic carbocycles. The van der Waals surface area contributed by atoms with Crippen molar-refractivity contribution in [3.05, 3.63) is 0 Å². The van der Waals surface area contributed by atoms with Gasteiger partial charge in [-0.2, -0.15) is 0 Å². The average Bonchev–Trinajstić information content (AvgIpc) is 2.79. The molecule has 0 aliphatic heterocycles. The lowest BCUT2D eigenvalue weighted by atomic mass is 9.62. The Morgan fingerprint density at radius 1 is 0.692 bits per heavy atom. The van der Waals surface area contributed by atoms with Crippen LogP contribution in [0.15, 0.2) is 9.98 Å². The lowest BCUT2D eigenvalue weighted by Crippen LogP contribution is -2.45. The first kappa shape index (κ1) is 32.5. The highest BCUT2D eigenvalue weighted by molar-refractivity contribution is 5.67. The van der Waals surface area contributed by atoms with Gasteiger partial charge in [0.2, 0.25) is 12.2 Å². The van der Waals surface area contributed by atoms with Crippen molar-refractivity contribution in [2.75, 3.05) is 39.5 Å². The van der Waals surface area contributed by atoms with Crippen LogP contribution in [0.3, 0.4) is 0 Å². The van der Waals surface area contributed by atoms with Crippen LogP contribution in [0.25, 0.3) is 0 Å². The molecule has 2 aliphatic carbocycles. The zero-order valence-corrected chi connectivity index (χ0v) is 24.4. The lowest BCUT2D eigenvalue weighted by molar-refractivity contribution is 0.0402. The van der Waals surface area contributed by atoms with Crippen LogP contribution in [0.4, 0.5) is 9.59 Å². The quantitative estimate of drug-likeness (QED) is 0.209. The molecule has 0 aromatic heterocycles. The SMILES string of the molecule is CC1(C)CC(N=C=O)CC(C)(CNC(=O)OCCOCCOC(=O)NCC2(C)CC(N=C=O)CC(C)(C)C2)C1. The van der Waals surface area contributed by atoms with Crippen LogP contribution >= 0.6 is 0 Å². The Labute approximate surface area is 231 Å². The molecular weight excluding hydrogens is 504 g/mol. The van der Waals surface area contributed by atoms with E-state index >= 15 is 0 Å². The van der Waals surface area contributed by atoms with E-state index < -0.39 is 12.2 Å². The number of isocyanates is 2. The molecule has 0 spiro atoms. The zero-order chi connectivity index (χ0) is 29.2. The molecule has 11 nitrogen and oxygen atoms in total. The molecule has 11 heteroatoms. The van der Waals surface area contributed by atoms with Crippen molar-refractivity contribution in [3.8, 4) is 0 Å². The first-order valence-electron chi connectivity index (χ1n) is 13.7. The summed E-state index contributed by atoms with van der Waals surface area (Å²) in [5.41, 5.74) is -0.376. The number of hydrogen-bond donors (Lipinski definition) is 2. The fourth-order valence-electron chi connectivity index (χ4n) is 6.92. The molecule has 2 aliphatic rings. The van der Waals surface area contributed by atoms with E-state index in [2.05, 4.69) is 62.2 Å². The normalized spacial score (nSPS) is 29.2. The fraction of sp³-hybridized carbons (Fsp3) is 0.857. The van der Waals surface area contributed by atoms with E-state index in [0.717, 1.165) is 25.7 Å². The largest absolute Gasteiger partial charge is 0.447 e. The predicted molar refractivity (Wildman–Crippen MR) is 145 cm³/mol. The first-order chi connectivity index (χ1) is 18.2. The highest BCUT2D eigenvalue weighted by Gasteiger charge is 2.42. The summed E-state index contributed by atoms with van der Waals surface area (Å²) in [6.07, 6.45) is 7.11. The second-order valence-corrected chi connectivity index (χ2v) is 13.5.